The molecule has 0 saturated heterocycles. The van der Waals surface area contributed by atoms with Crippen LogP contribution in [0.25, 0.3) is 31.8 Å². The number of para-hydroxylation sites is 1. The molecular formula is C24H17NO3S. The van der Waals surface area contributed by atoms with Crippen LogP contribution < -0.4 is 10.4 Å². The highest BCUT2D eigenvalue weighted by Gasteiger charge is 2.08. The van der Waals surface area contributed by atoms with Gasteiger partial charge in [-0.15, -0.1) is 11.3 Å². The van der Waals surface area contributed by atoms with Crippen LogP contribution in [0.2, 0.25) is 0 Å². The van der Waals surface area contributed by atoms with E-state index in [9.17, 15) is 4.79 Å². The maximum absolute atomic E-state index is 11.9. The third-order valence-electron chi connectivity index (χ3n) is 4.78. The number of hydrogen-bond donors (Lipinski definition) is 0. The third-order valence-corrected chi connectivity index (χ3v) is 5.86. The molecule has 2 aromatic heterocycles. The summed E-state index contributed by atoms with van der Waals surface area (Å²) in [4.78, 5) is 16.6. The van der Waals surface area contributed by atoms with Gasteiger partial charge in [-0.3, -0.25) is 0 Å². The van der Waals surface area contributed by atoms with Gasteiger partial charge in [-0.25, -0.2) is 9.78 Å². The lowest BCUT2D eigenvalue weighted by molar-refractivity contribution is 0.306. The van der Waals surface area contributed by atoms with Crippen molar-refractivity contribution < 1.29 is 9.15 Å². The van der Waals surface area contributed by atoms with E-state index in [1.807, 2.05) is 67.6 Å². The fraction of sp³-hybridized carbons (Fsp3) is 0.0833. The Labute approximate surface area is 171 Å². The molecule has 0 fully saturated rings. The van der Waals surface area contributed by atoms with Gasteiger partial charge in [0.15, 0.2) is 0 Å². The van der Waals surface area contributed by atoms with Crippen molar-refractivity contribution in [1.82, 2.24) is 4.98 Å². The minimum absolute atomic E-state index is 0.297. The fourth-order valence-electron chi connectivity index (χ4n) is 3.31. The number of aryl methyl sites for hydroxylation is 1. The van der Waals surface area contributed by atoms with Crippen LogP contribution in [-0.4, -0.2) is 4.98 Å². The monoisotopic (exact) mass is 399 g/mol. The van der Waals surface area contributed by atoms with Gasteiger partial charge in [0.25, 0.3) is 0 Å². The Morgan fingerprint density at radius 1 is 1.00 bits per heavy atom. The van der Waals surface area contributed by atoms with E-state index in [1.165, 1.54) is 10.8 Å². The van der Waals surface area contributed by atoms with Gasteiger partial charge in [0.1, 0.15) is 22.9 Å². The quantitative estimate of drug-likeness (QED) is 0.350. The van der Waals surface area contributed by atoms with E-state index in [1.54, 1.807) is 11.3 Å². The van der Waals surface area contributed by atoms with Crippen LogP contribution >= 0.6 is 11.3 Å². The van der Waals surface area contributed by atoms with E-state index in [0.717, 1.165) is 38.4 Å². The average molecular weight is 399 g/mol. The van der Waals surface area contributed by atoms with Crippen molar-refractivity contribution in [3.05, 3.63) is 94.3 Å². The SMILES string of the molecule is Cc1ccc2c(COc3ccc(-c4nc5ccccc5s4)cc3)cc(=O)oc2c1. The molecule has 0 N–H and O–H groups in total. The zero-order chi connectivity index (χ0) is 19.8. The molecule has 0 aliphatic heterocycles. The van der Waals surface area contributed by atoms with Gasteiger partial charge < -0.3 is 9.15 Å². The first-order chi connectivity index (χ1) is 14.2. The summed E-state index contributed by atoms with van der Waals surface area (Å²) < 4.78 is 12.4. The zero-order valence-corrected chi connectivity index (χ0v) is 16.5. The van der Waals surface area contributed by atoms with Gasteiger partial charge in [0.2, 0.25) is 0 Å². The van der Waals surface area contributed by atoms with E-state index in [0.29, 0.717) is 12.2 Å². The first-order valence-corrected chi connectivity index (χ1v) is 10.1. The summed E-state index contributed by atoms with van der Waals surface area (Å²) in [6, 6.07) is 23.3. The van der Waals surface area contributed by atoms with E-state index in [-0.39, 0.29) is 5.63 Å². The maximum atomic E-state index is 11.9. The number of ether oxygens (including phenoxy) is 1. The Balaban J connectivity index is 1.38. The van der Waals surface area contributed by atoms with Crippen molar-refractivity contribution in [3.63, 3.8) is 0 Å². The predicted octanol–water partition coefficient (Wildman–Crippen LogP) is 5.96. The molecule has 2 heterocycles. The molecule has 0 aliphatic carbocycles. The molecule has 0 saturated carbocycles. The van der Waals surface area contributed by atoms with E-state index < -0.39 is 0 Å². The second-order valence-corrected chi connectivity index (χ2v) is 7.92. The largest absolute Gasteiger partial charge is 0.489 e. The lowest BCUT2D eigenvalue weighted by Gasteiger charge is -2.09. The second-order valence-electron chi connectivity index (χ2n) is 6.89. The summed E-state index contributed by atoms with van der Waals surface area (Å²) in [6.45, 7) is 2.27. The van der Waals surface area contributed by atoms with Gasteiger partial charge in [-0.2, -0.15) is 0 Å². The van der Waals surface area contributed by atoms with Crippen LogP contribution in [0.4, 0.5) is 0 Å². The van der Waals surface area contributed by atoms with Crippen molar-refractivity contribution in [2.24, 2.45) is 0 Å². The highest BCUT2D eigenvalue weighted by Crippen LogP contribution is 2.31. The molecule has 0 amide bonds. The third kappa shape index (κ3) is 3.52. The maximum Gasteiger partial charge on any atom is 0.336 e. The summed E-state index contributed by atoms with van der Waals surface area (Å²) in [7, 11) is 0. The Hall–Kier alpha value is -3.44. The molecule has 5 heteroatoms. The predicted molar refractivity (Wildman–Crippen MR) is 117 cm³/mol. The van der Waals surface area contributed by atoms with Crippen LogP contribution in [-0.2, 0) is 6.61 Å². The summed E-state index contributed by atoms with van der Waals surface area (Å²) in [5, 5.41) is 1.88. The van der Waals surface area contributed by atoms with Gasteiger partial charge >= 0.3 is 5.63 Å². The average Bonchev–Trinajstić information content (AvgIpc) is 3.16. The molecule has 0 unspecified atom stereocenters. The number of benzene rings is 3. The number of nitrogens with zero attached hydrogens (tertiary/aromatic N) is 1. The number of thiazole rings is 1. The second kappa shape index (κ2) is 7.18. The smallest absolute Gasteiger partial charge is 0.336 e. The molecule has 0 aliphatic rings. The molecule has 0 atom stereocenters. The number of fused-ring (bicyclic) bond motifs is 2. The standard InChI is InChI=1S/C24H17NO3S/c1-15-6-11-19-17(13-23(26)28-21(19)12-15)14-27-18-9-7-16(8-10-18)24-25-20-4-2-3-5-22(20)29-24/h2-13H,14H2,1H3. The van der Waals surface area contributed by atoms with Crippen molar-refractivity contribution >= 4 is 32.5 Å². The topological polar surface area (TPSA) is 52.3 Å². The van der Waals surface area contributed by atoms with Gasteiger partial charge in [-0.1, -0.05) is 24.3 Å². The molecule has 29 heavy (non-hydrogen) atoms. The van der Waals surface area contributed by atoms with Crippen molar-refractivity contribution in [2.75, 3.05) is 0 Å². The fourth-order valence-corrected chi connectivity index (χ4v) is 4.28. The molecule has 5 rings (SSSR count). The summed E-state index contributed by atoms with van der Waals surface area (Å²) >= 11 is 1.67. The highest BCUT2D eigenvalue weighted by molar-refractivity contribution is 7.21. The normalized spacial score (nSPS) is 11.2. The van der Waals surface area contributed by atoms with Crippen molar-refractivity contribution in [2.45, 2.75) is 13.5 Å². The van der Waals surface area contributed by atoms with Crippen molar-refractivity contribution in [3.8, 4) is 16.3 Å². The van der Waals surface area contributed by atoms with E-state index >= 15 is 0 Å². The molecule has 5 aromatic rings. The lowest BCUT2D eigenvalue weighted by atomic mass is 10.1. The summed E-state index contributed by atoms with van der Waals surface area (Å²) in [6.07, 6.45) is 0. The summed E-state index contributed by atoms with van der Waals surface area (Å²) in [5.41, 5.74) is 4.14. The Morgan fingerprint density at radius 3 is 2.66 bits per heavy atom. The Kier molecular flexibility index (Phi) is 4.37. The minimum Gasteiger partial charge on any atom is -0.489 e. The van der Waals surface area contributed by atoms with Crippen LogP contribution in [0.1, 0.15) is 11.1 Å². The first-order valence-electron chi connectivity index (χ1n) is 9.28. The van der Waals surface area contributed by atoms with Gasteiger partial charge in [0.05, 0.1) is 10.2 Å². The number of rotatable bonds is 4. The Bertz CT molecular complexity index is 1350. The molecular weight excluding hydrogens is 382 g/mol. The van der Waals surface area contributed by atoms with E-state index in [4.69, 9.17) is 9.15 Å². The van der Waals surface area contributed by atoms with Gasteiger partial charge in [0, 0.05) is 22.6 Å². The molecule has 3 aromatic carbocycles. The number of aromatic nitrogens is 1. The molecule has 142 valence electrons. The molecule has 0 bridgehead atoms. The van der Waals surface area contributed by atoms with E-state index in [2.05, 4.69) is 11.1 Å². The van der Waals surface area contributed by atoms with Crippen molar-refractivity contribution in [1.29, 1.82) is 0 Å². The minimum atomic E-state index is -0.368. The van der Waals surface area contributed by atoms with Crippen LogP contribution in [0.5, 0.6) is 5.75 Å². The zero-order valence-electron chi connectivity index (χ0n) is 15.7. The molecule has 0 spiro atoms. The van der Waals surface area contributed by atoms with Crippen LogP contribution in [0, 0.1) is 6.92 Å². The molecule has 0 radical (unpaired) electrons. The first kappa shape index (κ1) is 17.6. The van der Waals surface area contributed by atoms with Crippen LogP contribution in [0.3, 0.4) is 0 Å². The lowest BCUT2D eigenvalue weighted by Crippen LogP contribution is -2.04. The molecule has 4 nitrogen and oxygen atoms in total. The Morgan fingerprint density at radius 2 is 1.83 bits per heavy atom. The highest BCUT2D eigenvalue weighted by atomic mass is 32.1. The summed E-state index contributed by atoms with van der Waals surface area (Å²) in [5.74, 6) is 0.739. The number of hydrogen-bond acceptors (Lipinski definition) is 5. The van der Waals surface area contributed by atoms with Gasteiger partial charge in [-0.05, 0) is 55.0 Å². The van der Waals surface area contributed by atoms with Crippen LogP contribution in [0.15, 0.2) is 82.0 Å².